The van der Waals surface area contributed by atoms with Crippen molar-refractivity contribution in [3.05, 3.63) is 24.3 Å². The topological polar surface area (TPSA) is 53.6 Å². The second-order valence-corrected chi connectivity index (χ2v) is 5.88. The Bertz CT molecular complexity index is 489. The summed E-state index contributed by atoms with van der Waals surface area (Å²) in [5, 5.41) is 6.41. The third-order valence-electron chi connectivity index (χ3n) is 4.51. The van der Waals surface area contributed by atoms with Gasteiger partial charge in [0.1, 0.15) is 5.75 Å². The number of rotatable bonds is 4. The molecule has 1 aromatic rings. The van der Waals surface area contributed by atoms with Crippen molar-refractivity contribution in [2.24, 2.45) is 5.92 Å². The van der Waals surface area contributed by atoms with Crippen LogP contribution in [0.1, 0.15) is 12.8 Å². The molecule has 0 saturated carbocycles. The Hall–Kier alpha value is -1.59. The van der Waals surface area contributed by atoms with Crippen molar-refractivity contribution in [2.75, 3.05) is 38.6 Å². The first kappa shape index (κ1) is 14.4. The second-order valence-electron chi connectivity index (χ2n) is 5.88. The first-order chi connectivity index (χ1) is 10.3. The van der Waals surface area contributed by atoms with E-state index >= 15 is 0 Å². The molecule has 1 aromatic carbocycles. The van der Waals surface area contributed by atoms with Crippen LogP contribution in [0.3, 0.4) is 0 Å². The first-order valence-corrected chi connectivity index (χ1v) is 7.65. The van der Waals surface area contributed by atoms with Crippen molar-refractivity contribution in [3.8, 4) is 5.75 Å². The molecule has 0 radical (unpaired) electrons. The predicted molar refractivity (Wildman–Crippen MR) is 82.6 cm³/mol. The number of benzene rings is 1. The molecule has 0 spiro atoms. The smallest absolute Gasteiger partial charge is 0.238 e. The molecule has 0 bridgehead atoms. The molecule has 0 aliphatic carbocycles. The molecule has 5 nitrogen and oxygen atoms in total. The van der Waals surface area contributed by atoms with Gasteiger partial charge in [0.05, 0.1) is 13.7 Å². The average Bonchev–Trinajstić information content (AvgIpc) is 2.97. The Morgan fingerprint density at radius 2 is 2.19 bits per heavy atom. The highest BCUT2D eigenvalue weighted by atomic mass is 16.5. The Balaban J connectivity index is 1.55. The van der Waals surface area contributed by atoms with E-state index in [1.165, 1.54) is 12.8 Å². The van der Waals surface area contributed by atoms with Gasteiger partial charge in [0.15, 0.2) is 0 Å². The zero-order valence-corrected chi connectivity index (χ0v) is 12.5. The maximum Gasteiger partial charge on any atom is 0.238 e. The molecule has 0 aromatic heterocycles. The molecule has 2 unspecified atom stereocenters. The first-order valence-electron chi connectivity index (χ1n) is 7.65. The molecule has 2 saturated heterocycles. The Labute approximate surface area is 125 Å². The molecule has 5 heteroatoms. The van der Waals surface area contributed by atoms with E-state index in [2.05, 4.69) is 15.5 Å². The summed E-state index contributed by atoms with van der Waals surface area (Å²) in [5.41, 5.74) is 0.818. The normalized spacial score (nSPS) is 25.4. The van der Waals surface area contributed by atoms with E-state index < -0.39 is 0 Å². The number of likely N-dealkylation sites (tertiary alicyclic amines) is 1. The van der Waals surface area contributed by atoms with Gasteiger partial charge in [-0.05, 0) is 56.1 Å². The summed E-state index contributed by atoms with van der Waals surface area (Å²) < 4.78 is 5.12. The largest absolute Gasteiger partial charge is 0.497 e. The molecule has 114 valence electrons. The molecule has 2 N–H and O–H groups in total. The highest BCUT2D eigenvalue weighted by molar-refractivity contribution is 5.92. The maximum absolute atomic E-state index is 12.2. The van der Waals surface area contributed by atoms with Gasteiger partial charge in [-0.15, -0.1) is 0 Å². The molecule has 2 aliphatic rings. The number of carbonyl (C=O) groups is 1. The lowest BCUT2D eigenvalue weighted by atomic mass is 9.92. The minimum atomic E-state index is 0.0627. The van der Waals surface area contributed by atoms with E-state index in [4.69, 9.17) is 4.74 Å². The van der Waals surface area contributed by atoms with Gasteiger partial charge < -0.3 is 15.4 Å². The summed E-state index contributed by atoms with van der Waals surface area (Å²) in [6, 6.07) is 7.97. The van der Waals surface area contributed by atoms with Crippen LogP contribution < -0.4 is 15.4 Å². The van der Waals surface area contributed by atoms with Crippen LogP contribution in [-0.2, 0) is 4.79 Å². The highest BCUT2D eigenvalue weighted by Gasteiger charge is 2.35. The van der Waals surface area contributed by atoms with Crippen LogP contribution in [0.2, 0.25) is 0 Å². The number of nitrogens with one attached hydrogen (secondary N) is 2. The standard InChI is InChI=1S/C16H23N3O2/c1-21-14-6-4-13(5-7-14)18-16(20)11-19-8-2-3-12-9-17-10-15(12)19/h4-7,12,15,17H,2-3,8-11H2,1H3,(H,18,20). The summed E-state index contributed by atoms with van der Waals surface area (Å²) in [6.45, 7) is 3.62. The quantitative estimate of drug-likeness (QED) is 0.878. The maximum atomic E-state index is 12.2. The van der Waals surface area contributed by atoms with Gasteiger partial charge in [0.25, 0.3) is 0 Å². The monoisotopic (exact) mass is 289 g/mol. The van der Waals surface area contributed by atoms with Gasteiger partial charge in [-0.25, -0.2) is 0 Å². The van der Waals surface area contributed by atoms with Crippen molar-refractivity contribution < 1.29 is 9.53 Å². The summed E-state index contributed by atoms with van der Waals surface area (Å²) in [7, 11) is 1.63. The number of nitrogens with zero attached hydrogens (tertiary/aromatic N) is 1. The zero-order chi connectivity index (χ0) is 14.7. The molecule has 3 rings (SSSR count). The lowest BCUT2D eigenvalue weighted by molar-refractivity contribution is -0.118. The Kier molecular flexibility index (Phi) is 4.41. The Morgan fingerprint density at radius 1 is 1.38 bits per heavy atom. The van der Waals surface area contributed by atoms with Crippen LogP contribution >= 0.6 is 0 Å². The van der Waals surface area contributed by atoms with Crippen LogP contribution in [0.25, 0.3) is 0 Å². The second kappa shape index (κ2) is 6.45. The Morgan fingerprint density at radius 3 is 2.95 bits per heavy atom. The fourth-order valence-electron chi connectivity index (χ4n) is 3.42. The number of anilines is 1. The van der Waals surface area contributed by atoms with Crippen LogP contribution in [-0.4, -0.2) is 50.1 Å². The molecule has 2 aliphatic heterocycles. The molecule has 21 heavy (non-hydrogen) atoms. The van der Waals surface area contributed by atoms with E-state index in [9.17, 15) is 4.79 Å². The molecular formula is C16H23N3O2. The highest BCUT2D eigenvalue weighted by Crippen LogP contribution is 2.26. The molecule has 2 fully saturated rings. The fraction of sp³-hybridized carbons (Fsp3) is 0.562. The number of amides is 1. The molecule has 1 amide bonds. The predicted octanol–water partition coefficient (Wildman–Crippen LogP) is 1.32. The minimum Gasteiger partial charge on any atom is -0.497 e. The van der Waals surface area contributed by atoms with Crippen LogP contribution in [0.5, 0.6) is 5.75 Å². The third-order valence-corrected chi connectivity index (χ3v) is 4.51. The number of fused-ring (bicyclic) bond motifs is 1. The number of piperidine rings is 1. The van der Waals surface area contributed by atoms with E-state index in [1.54, 1.807) is 7.11 Å². The molecule has 2 atom stereocenters. The average molecular weight is 289 g/mol. The number of carbonyl (C=O) groups excluding carboxylic acids is 1. The SMILES string of the molecule is COc1ccc(NC(=O)CN2CCCC3CNCC32)cc1. The summed E-state index contributed by atoms with van der Waals surface area (Å²) in [6.07, 6.45) is 2.48. The molecule has 2 heterocycles. The van der Waals surface area contributed by atoms with Gasteiger partial charge in [-0.1, -0.05) is 0 Å². The number of methoxy groups -OCH3 is 1. The lowest BCUT2D eigenvalue weighted by Gasteiger charge is -2.36. The van der Waals surface area contributed by atoms with Crippen molar-refractivity contribution in [1.82, 2.24) is 10.2 Å². The molecular weight excluding hydrogens is 266 g/mol. The van der Waals surface area contributed by atoms with Crippen LogP contribution in [0, 0.1) is 5.92 Å². The van der Waals surface area contributed by atoms with Crippen LogP contribution in [0.4, 0.5) is 5.69 Å². The number of ether oxygens (including phenoxy) is 1. The third kappa shape index (κ3) is 3.36. The summed E-state index contributed by atoms with van der Waals surface area (Å²) in [4.78, 5) is 14.5. The van der Waals surface area contributed by atoms with Crippen LogP contribution in [0.15, 0.2) is 24.3 Å². The van der Waals surface area contributed by atoms with Crippen molar-refractivity contribution in [3.63, 3.8) is 0 Å². The van der Waals surface area contributed by atoms with E-state index in [1.807, 2.05) is 24.3 Å². The summed E-state index contributed by atoms with van der Waals surface area (Å²) in [5.74, 6) is 1.57. The van der Waals surface area contributed by atoms with Crippen molar-refractivity contribution >= 4 is 11.6 Å². The van der Waals surface area contributed by atoms with E-state index in [0.29, 0.717) is 18.5 Å². The van der Waals surface area contributed by atoms with Crippen molar-refractivity contribution in [2.45, 2.75) is 18.9 Å². The van der Waals surface area contributed by atoms with Crippen molar-refractivity contribution in [1.29, 1.82) is 0 Å². The van der Waals surface area contributed by atoms with Gasteiger partial charge in [0.2, 0.25) is 5.91 Å². The summed E-state index contributed by atoms with van der Waals surface area (Å²) >= 11 is 0. The lowest BCUT2D eigenvalue weighted by Crippen LogP contribution is -2.48. The zero-order valence-electron chi connectivity index (χ0n) is 12.5. The van der Waals surface area contributed by atoms with E-state index in [0.717, 1.165) is 31.1 Å². The fourth-order valence-corrected chi connectivity index (χ4v) is 3.42. The van der Waals surface area contributed by atoms with E-state index in [-0.39, 0.29) is 5.91 Å². The van der Waals surface area contributed by atoms with Gasteiger partial charge in [-0.3, -0.25) is 9.69 Å². The number of hydrogen-bond donors (Lipinski definition) is 2. The minimum absolute atomic E-state index is 0.0627. The van der Waals surface area contributed by atoms with Gasteiger partial charge in [0, 0.05) is 18.3 Å². The number of hydrogen-bond acceptors (Lipinski definition) is 4. The van der Waals surface area contributed by atoms with Gasteiger partial charge >= 0.3 is 0 Å². The van der Waals surface area contributed by atoms with Gasteiger partial charge in [-0.2, -0.15) is 0 Å².